The van der Waals surface area contributed by atoms with Gasteiger partial charge in [0.05, 0.1) is 5.69 Å². The molecule has 4 N–H and O–H groups in total. The Morgan fingerprint density at radius 1 is 1.17 bits per heavy atom. The maximum absolute atomic E-state index is 11.0. The van der Waals surface area contributed by atoms with E-state index in [-0.39, 0.29) is 5.75 Å². The van der Waals surface area contributed by atoms with Crippen LogP contribution in [-0.2, 0) is 10.0 Å². The van der Waals surface area contributed by atoms with Crippen molar-refractivity contribution in [2.75, 3.05) is 11.9 Å². The highest BCUT2D eigenvalue weighted by molar-refractivity contribution is 7.92. The molecule has 0 saturated carbocycles. The molecule has 2 aliphatic rings. The number of hydrogen-bond donors (Lipinski definition) is 3. The van der Waals surface area contributed by atoms with E-state index < -0.39 is 10.0 Å². The van der Waals surface area contributed by atoms with Crippen molar-refractivity contribution in [1.29, 1.82) is 0 Å². The molecule has 8 nitrogen and oxygen atoms in total. The van der Waals surface area contributed by atoms with Gasteiger partial charge in [0.2, 0.25) is 10.0 Å². The van der Waals surface area contributed by atoms with Crippen LogP contribution in [0.25, 0.3) is 17.3 Å². The predicted octanol–water partition coefficient (Wildman–Crippen LogP) is 2.22. The number of phenols is 1. The summed E-state index contributed by atoms with van der Waals surface area (Å²) in [6.45, 7) is 0. The van der Waals surface area contributed by atoms with Gasteiger partial charge in [0.25, 0.3) is 0 Å². The number of nitrogens with two attached hydrogens (primary N) is 1. The average Bonchev–Trinajstić information content (AvgIpc) is 2.71. The molecule has 2 fully saturated rings. The summed E-state index contributed by atoms with van der Waals surface area (Å²) < 4.78 is 22.1. The average molecular weight is 430 g/mol. The molecule has 2 saturated heterocycles. The van der Waals surface area contributed by atoms with Crippen molar-refractivity contribution in [2.24, 2.45) is 5.14 Å². The van der Waals surface area contributed by atoms with Gasteiger partial charge in [-0.25, -0.2) is 13.6 Å². The van der Waals surface area contributed by atoms with Crippen LogP contribution in [0.5, 0.6) is 5.75 Å². The van der Waals surface area contributed by atoms with E-state index in [9.17, 15) is 13.5 Å². The summed E-state index contributed by atoms with van der Waals surface area (Å²) >= 11 is 0. The van der Waals surface area contributed by atoms with E-state index >= 15 is 0 Å². The number of aromatic nitrogens is 2. The summed E-state index contributed by atoms with van der Waals surface area (Å²) in [5.74, 6) is 0.809. The quantitative estimate of drug-likeness (QED) is 0.666. The summed E-state index contributed by atoms with van der Waals surface area (Å²) in [5, 5.41) is 28.6. The molecule has 0 radical (unpaired) electrons. The van der Waals surface area contributed by atoms with Crippen LogP contribution in [0.2, 0.25) is 0 Å². The first-order chi connectivity index (χ1) is 14.3. The lowest BCUT2D eigenvalue weighted by molar-refractivity contribution is 0.219. The Kier molecular flexibility index (Phi) is 5.77. The lowest BCUT2D eigenvalue weighted by atomic mass is 9.83. The number of primary sulfonamides is 1. The maximum atomic E-state index is 11.0. The summed E-state index contributed by atoms with van der Waals surface area (Å²) in [4.78, 5) is 2.21. The molecule has 2 bridgehead atoms. The van der Waals surface area contributed by atoms with Crippen LogP contribution in [0.15, 0.2) is 35.7 Å². The second-order valence-electron chi connectivity index (χ2n) is 8.17. The van der Waals surface area contributed by atoms with Crippen molar-refractivity contribution in [3.05, 3.63) is 41.3 Å². The second-order valence-corrected chi connectivity index (χ2v) is 9.62. The second kappa shape index (κ2) is 8.33. The molecular formula is C21H27N5O3S. The molecule has 2 aromatic rings. The Labute approximate surface area is 176 Å². The van der Waals surface area contributed by atoms with Gasteiger partial charge in [-0.3, -0.25) is 0 Å². The van der Waals surface area contributed by atoms with Crippen molar-refractivity contribution in [3.8, 4) is 17.0 Å². The molecule has 0 amide bonds. The Hall–Kier alpha value is -2.49. The first-order valence-corrected chi connectivity index (χ1v) is 11.8. The Morgan fingerprint density at radius 3 is 2.50 bits per heavy atom. The molecule has 30 heavy (non-hydrogen) atoms. The molecule has 4 rings (SSSR count). The molecule has 0 spiro atoms. The lowest BCUT2D eigenvalue weighted by Gasteiger charge is -2.43. The zero-order chi connectivity index (χ0) is 21.3. The Bertz CT molecular complexity index is 1030. The summed E-state index contributed by atoms with van der Waals surface area (Å²) in [6, 6.07) is 10.2. The largest absolute Gasteiger partial charge is 0.507 e. The molecule has 0 aliphatic carbocycles. The zero-order valence-electron chi connectivity index (χ0n) is 16.9. The first kappa shape index (κ1) is 20.8. The molecule has 3 atom stereocenters. The van der Waals surface area contributed by atoms with Crippen LogP contribution < -0.4 is 15.4 Å². The van der Waals surface area contributed by atoms with E-state index in [0.29, 0.717) is 34.9 Å². The third-order valence-corrected chi connectivity index (χ3v) is 6.51. The first-order valence-electron chi connectivity index (χ1n) is 10.2. The zero-order valence-corrected chi connectivity index (χ0v) is 17.7. The van der Waals surface area contributed by atoms with Crippen LogP contribution >= 0.6 is 0 Å². The fourth-order valence-corrected chi connectivity index (χ4v) is 4.78. The van der Waals surface area contributed by atoms with Gasteiger partial charge in [-0.1, -0.05) is 12.5 Å². The number of nitrogens with one attached hydrogen (secondary N) is 1. The van der Waals surface area contributed by atoms with Crippen molar-refractivity contribution in [3.63, 3.8) is 0 Å². The minimum absolute atomic E-state index is 0.00634. The van der Waals surface area contributed by atoms with E-state index in [4.69, 9.17) is 5.14 Å². The number of fused-ring (bicyclic) bond motifs is 2. The fourth-order valence-electron chi connectivity index (χ4n) is 4.44. The molecule has 2 aliphatic heterocycles. The Balaban J connectivity index is 1.49. The van der Waals surface area contributed by atoms with Crippen molar-refractivity contribution in [2.45, 2.75) is 50.2 Å². The van der Waals surface area contributed by atoms with E-state index in [0.717, 1.165) is 24.1 Å². The highest BCUT2D eigenvalue weighted by Gasteiger charge is 2.33. The fraction of sp³-hybridized carbons (Fsp3) is 0.429. The molecule has 9 heteroatoms. The van der Waals surface area contributed by atoms with Gasteiger partial charge in [0, 0.05) is 36.1 Å². The third kappa shape index (κ3) is 4.80. The number of phenolic OH excluding ortho intramolecular Hbond substituents is 1. The van der Waals surface area contributed by atoms with Gasteiger partial charge in [-0.2, -0.15) is 0 Å². The van der Waals surface area contributed by atoms with E-state index in [1.165, 1.54) is 31.4 Å². The highest BCUT2D eigenvalue weighted by Crippen LogP contribution is 2.32. The van der Waals surface area contributed by atoms with Gasteiger partial charge in [-0.05, 0) is 61.6 Å². The normalized spacial score (nSPS) is 24.1. The molecule has 1 unspecified atom stereocenters. The summed E-state index contributed by atoms with van der Waals surface area (Å²) in [6.07, 6.45) is 7.36. The molecular weight excluding hydrogens is 402 g/mol. The van der Waals surface area contributed by atoms with Crippen molar-refractivity contribution < 1.29 is 13.5 Å². The number of benzene rings is 1. The smallest absolute Gasteiger partial charge is 0.231 e. The topological polar surface area (TPSA) is 121 Å². The van der Waals surface area contributed by atoms with Gasteiger partial charge in [-0.15, -0.1) is 10.2 Å². The predicted molar refractivity (Wildman–Crippen MR) is 117 cm³/mol. The molecule has 3 heterocycles. The van der Waals surface area contributed by atoms with Gasteiger partial charge in [0.1, 0.15) is 5.75 Å². The molecule has 1 aromatic carbocycles. The molecule has 1 aromatic heterocycles. The molecule has 160 valence electrons. The minimum Gasteiger partial charge on any atom is -0.507 e. The standard InChI is InChI=1S/C21H27N5O3S/c1-26(17-12-15-3-2-4-16(13-17)23-15)21-8-7-19(24-25-21)18-6-5-14(11-20(18)27)9-10-30(22,28)29/h5-11,15-17,23,27H,2-4,12-13H2,1H3,(H2,22,28,29)/b10-9+/t15-,16+,17?. The summed E-state index contributed by atoms with van der Waals surface area (Å²) in [7, 11) is -1.65. The highest BCUT2D eigenvalue weighted by atomic mass is 32.2. The van der Waals surface area contributed by atoms with Gasteiger partial charge >= 0.3 is 0 Å². The third-order valence-electron chi connectivity index (χ3n) is 6.00. The van der Waals surface area contributed by atoms with E-state index in [1.807, 2.05) is 12.1 Å². The van der Waals surface area contributed by atoms with Crippen LogP contribution in [-0.4, -0.2) is 48.9 Å². The summed E-state index contributed by atoms with van der Waals surface area (Å²) in [5.41, 5.74) is 1.60. The Morgan fingerprint density at radius 2 is 1.90 bits per heavy atom. The van der Waals surface area contributed by atoms with E-state index in [1.54, 1.807) is 12.1 Å². The number of sulfonamides is 1. The number of piperidine rings is 2. The number of nitrogens with zero attached hydrogens (tertiary/aromatic N) is 3. The number of anilines is 1. The minimum atomic E-state index is -3.72. The monoisotopic (exact) mass is 429 g/mol. The van der Waals surface area contributed by atoms with Gasteiger partial charge in [0.15, 0.2) is 5.82 Å². The number of hydrogen-bond acceptors (Lipinski definition) is 7. The number of aromatic hydroxyl groups is 1. The van der Waals surface area contributed by atoms with Crippen LogP contribution in [0, 0.1) is 0 Å². The van der Waals surface area contributed by atoms with Crippen LogP contribution in [0.3, 0.4) is 0 Å². The van der Waals surface area contributed by atoms with Crippen LogP contribution in [0.4, 0.5) is 5.82 Å². The SMILES string of the molecule is CN(c1ccc(-c2ccc(/C=C/S(N)(=O)=O)cc2O)nn1)C1C[C@H]2CCC[C@@H](C1)N2. The van der Waals surface area contributed by atoms with Crippen molar-refractivity contribution >= 4 is 21.9 Å². The van der Waals surface area contributed by atoms with Crippen LogP contribution in [0.1, 0.15) is 37.7 Å². The number of rotatable bonds is 5. The van der Waals surface area contributed by atoms with E-state index in [2.05, 4.69) is 27.5 Å². The van der Waals surface area contributed by atoms with Crippen molar-refractivity contribution in [1.82, 2.24) is 15.5 Å². The lowest BCUT2D eigenvalue weighted by Crippen LogP contribution is -2.54. The maximum Gasteiger partial charge on any atom is 0.231 e. The van der Waals surface area contributed by atoms with Gasteiger partial charge < -0.3 is 15.3 Å².